The third-order valence-electron chi connectivity index (χ3n) is 5.22. The number of nitrogens with one attached hydrogen (secondary N) is 1. The fraction of sp³-hybridized carbons (Fsp3) is 0.409. The lowest BCUT2D eigenvalue weighted by molar-refractivity contribution is 0.0931. The highest BCUT2D eigenvalue weighted by Gasteiger charge is 2.22. The summed E-state index contributed by atoms with van der Waals surface area (Å²) >= 11 is 4.03. The topological polar surface area (TPSA) is 32.3 Å². The van der Waals surface area contributed by atoms with Crippen LogP contribution >= 0.6 is 23.5 Å². The zero-order chi connectivity index (χ0) is 18.5. The average molecular weight is 399 g/mol. The van der Waals surface area contributed by atoms with Gasteiger partial charge in [-0.15, -0.1) is 23.5 Å². The summed E-state index contributed by atoms with van der Waals surface area (Å²) in [5.74, 6) is 2.53. The Hall–Kier alpha value is -1.59. The second kappa shape index (κ2) is 9.07. The molecule has 2 aliphatic rings. The summed E-state index contributed by atoms with van der Waals surface area (Å²) in [6.07, 6.45) is 3.29. The van der Waals surface area contributed by atoms with Crippen LogP contribution in [0, 0.1) is 0 Å². The first-order valence-corrected chi connectivity index (χ1v) is 11.8. The SMILES string of the molecule is O=C(NC1CCN(c2ccccc2)CC1)c1ccc(C2SCCCS2)cc1. The number of benzene rings is 2. The Morgan fingerprint density at radius 1 is 0.926 bits per heavy atom. The number of hydrogen-bond acceptors (Lipinski definition) is 4. The molecule has 0 bridgehead atoms. The predicted octanol–water partition coefficient (Wildman–Crippen LogP) is 4.95. The van der Waals surface area contributed by atoms with E-state index in [-0.39, 0.29) is 11.9 Å². The molecule has 142 valence electrons. The number of anilines is 1. The monoisotopic (exact) mass is 398 g/mol. The highest BCUT2D eigenvalue weighted by atomic mass is 32.2. The minimum atomic E-state index is 0.0589. The Labute approximate surface area is 170 Å². The number of carbonyl (C=O) groups excluding carboxylic acids is 1. The van der Waals surface area contributed by atoms with E-state index in [9.17, 15) is 4.79 Å². The Balaban J connectivity index is 1.29. The number of para-hydroxylation sites is 1. The molecule has 0 unspecified atom stereocenters. The van der Waals surface area contributed by atoms with Crippen LogP contribution in [0.4, 0.5) is 5.69 Å². The quantitative estimate of drug-likeness (QED) is 0.789. The fourth-order valence-electron chi connectivity index (χ4n) is 3.66. The molecule has 0 spiro atoms. The zero-order valence-electron chi connectivity index (χ0n) is 15.5. The molecule has 2 aromatic rings. The van der Waals surface area contributed by atoms with Gasteiger partial charge in [-0.05, 0) is 60.6 Å². The lowest BCUT2D eigenvalue weighted by Crippen LogP contribution is -2.44. The van der Waals surface area contributed by atoms with Crippen LogP contribution in [0.25, 0.3) is 0 Å². The normalized spacial score (nSPS) is 19.0. The molecule has 0 radical (unpaired) electrons. The number of rotatable bonds is 4. The highest BCUT2D eigenvalue weighted by molar-refractivity contribution is 8.16. The van der Waals surface area contributed by atoms with Crippen molar-refractivity contribution in [1.82, 2.24) is 5.32 Å². The Morgan fingerprint density at radius 2 is 1.59 bits per heavy atom. The standard InChI is InChI=1S/C22H26N2OS2/c25-21(17-7-9-18(10-8-17)22-26-15-4-16-27-22)23-19-11-13-24(14-12-19)20-5-2-1-3-6-20/h1-3,5-10,19,22H,4,11-16H2,(H,23,25). The van der Waals surface area contributed by atoms with Crippen LogP contribution in [0.2, 0.25) is 0 Å². The van der Waals surface area contributed by atoms with E-state index in [1.54, 1.807) is 0 Å². The van der Waals surface area contributed by atoms with Crippen molar-refractivity contribution in [3.8, 4) is 0 Å². The number of carbonyl (C=O) groups is 1. The van der Waals surface area contributed by atoms with Gasteiger partial charge in [-0.25, -0.2) is 0 Å². The van der Waals surface area contributed by atoms with Gasteiger partial charge in [-0.3, -0.25) is 4.79 Å². The molecule has 2 heterocycles. The molecule has 0 saturated carbocycles. The van der Waals surface area contributed by atoms with E-state index >= 15 is 0 Å². The molecule has 0 atom stereocenters. The van der Waals surface area contributed by atoms with Gasteiger partial charge in [0.15, 0.2) is 0 Å². The van der Waals surface area contributed by atoms with Gasteiger partial charge in [0.25, 0.3) is 5.91 Å². The van der Waals surface area contributed by atoms with Gasteiger partial charge < -0.3 is 10.2 Å². The van der Waals surface area contributed by atoms with Gasteiger partial charge in [0.05, 0.1) is 4.58 Å². The molecule has 2 saturated heterocycles. The Kier molecular flexibility index (Phi) is 6.30. The van der Waals surface area contributed by atoms with Gasteiger partial charge in [-0.2, -0.15) is 0 Å². The van der Waals surface area contributed by atoms with Crippen LogP contribution in [0.3, 0.4) is 0 Å². The first-order chi connectivity index (χ1) is 13.3. The summed E-state index contributed by atoms with van der Waals surface area (Å²) in [5.41, 5.74) is 3.38. The van der Waals surface area contributed by atoms with Gasteiger partial charge in [0, 0.05) is 30.4 Å². The molecule has 0 aliphatic carbocycles. The summed E-state index contributed by atoms with van der Waals surface area (Å²) in [6.45, 7) is 1.98. The molecule has 4 rings (SSSR count). The molecule has 0 aromatic heterocycles. The summed E-state index contributed by atoms with van der Waals surface area (Å²) in [4.78, 5) is 15.0. The first-order valence-electron chi connectivity index (χ1n) is 9.73. The van der Waals surface area contributed by atoms with Crippen LogP contribution in [0.5, 0.6) is 0 Å². The van der Waals surface area contributed by atoms with E-state index in [1.165, 1.54) is 29.2 Å². The van der Waals surface area contributed by atoms with Crippen molar-refractivity contribution in [3.63, 3.8) is 0 Å². The largest absolute Gasteiger partial charge is 0.371 e. The molecule has 3 nitrogen and oxygen atoms in total. The minimum Gasteiger partial charge on any atom is -0.371 e. The molecule has 27 heavy (non-hydrogen) atoms. The van der Waals surface area contributed by atoms with E-state index in [0.717, 1.165) is 31.5 Å². The number of thioether (sulfide) groups is 2. The lowest BCUT2D eigenvalue weighted by Gasteiger charge is -2.34. The Morgan fingerprint density at radius 3 is 2.26 bits per heavy atom. The minimum absolute atomic E-state index is 0.0589. The summed E-state index contributed by atoms with van der Waals surface area (Å²) in [5, 5.41) is 3.23. The maximum atomic E-state index is 12.6. The number of piperidine rings is 1. The van der Waals surface area contributed by atoms with Gasteiger partial charge in [-0.1, -0.05) is 30.3 Å². The smallest absolute Gasteiger partial charge is 0.251 e. The molecule has 1 N–H and O–H groups in total. The van der Waals surface area contributed by atoms with E-state index in [2.05, 4.69) is 46.6 Å². The fourth-order valence-corrected chi connectivity index (χ4v) is 6.56. The van der Waals surface area contributed by atoms with Gasteiger partial charge >= 0.3 is 0 Å². The van der Waals surface area contributed by atoms with Crippen molar-refractivity contribution >= 4 is 35.1 Å². The van der Waals surface area contributed by atoms with Crippen molar-refractivity contribution in [2.75, 3.05) is 29.5 Å². The maximum Gasteiger partial charge on any atom is 0.251 e. The van der Waals surface area contributed by atoms with E-state index < -0.39 is 0 Å². The van der Waals surface area contributed by atoms with Crippen LogP contribution < -0.4 is 10.2 Å². The van der Waals surface area contributed by atoms with Crippen LogP contribution in [0.1, 0.15) is 39.8 Å². The van der Waals surface area contributed by atoms with Crippen molar-refractivity contribution in [1.29, 1.82) is 0 Å². The second-order valence-electron chi connectivity index (χ2n) is 7.12. The third-order valence-corrected chi connectivity index (χ3v) is 8.24. The molecule has 5 heteroatoms. The first kappa shape index (κ1) is 18.8. The van der Waals surface area contributed by atoms with Crippen molar-refractivity contribution < 1.29 is 4.79 Å². The third kappa shape index (κ3) is 4.82. The van der Waals surface area contributed by atoms with E-state index in [0.29, 0.717) is 4.58 Å². The molecule has 2 aromatic carbocycles. The van der Waals surface area contributed by atoms with Gasteiger partial charge in [0.1, 0.15) is 0 Å². The summed E-state index contributed by atoms with van der Waals surface area (Å²) in [7, 11) is 0. The predicted molar refractivity (Wildman–Crippen MR) is 118 cm³/mol. The van der Waals surface area contributed by atoms with Crippen molar-refractivity contribution in [2.45, 2.75) is 29.9 Å². The number of hydrogen-bond donors (Lipinski definition) is 1. The maximum absolute atomic E-state index is 12.6. The van der Waals surface area contributed by atoms with Crippen molar-refractivity contribution in [2.24, 2.45) is 0 Å². The molecule has 1 amide bonds. The molecule has 2 aliphatic heterocycles. The van der Waals surface area contributed by atoms with Gasteiger partial charge in [0.2, 0.25) is 0 Å². The molecular formula is C22H26N2OS2. The molecular weight excluding hydrogens is 372 g/mol. The van der Waals surface area contributed by atoms with Crippen LogP contribution in [0.15, 0.2) is 54.6 Å². The number of amides is 1. The summed E-state index contributed by atoms with van der Waals surface area (Å²) < 4.78 is 0.526. The van der Waals surface area contributed by atoms with Crippen LogP contribution in [-0.2, 0) is 0 Å². The summed E-state index contributed by atoms with van der Waals surface area (Å²) in [6, 6.07) is 19.0. The van der Waals surface area contributed by atoms with E-state index in [4.69, 9.17) is 0 Å². The highest BCUT2D eigenvalue weighted by Crippen LogP contribution is 2.43. The zero-order valence-corrected chi connectivity index (χ0v) is 17.1. The van der Waals surface area contributed by atoms with Crippen LogP contribution in [-0.4, -0.2) is 36.5 Å². The lowest BCUT2D eigenvalue weighted by atomic mass is 10.0. The Bertz CT molecular complexity index is 737. The second-order valence-corrected chi connectivity index (χ2v) is 9.84. The number of nitrogens with zero attached hydrogens (tertiary/aromatic N) is 1. The van der Waals surface area contributed by atoms with E-state index in [1.807, 2.05) is 41.7 Å². The molecule has 2 fully saturated rings. The average Bonchev–Trinajstić information content (AvgIpc) is 2.76. The van der Waals surface area contributed by atoms with Crippen molar-refractivity contribution in [3.05, 3.63) is 65.7 Å².